The molecule has 0 radical (unpaired) electrons. The Morgan fingerprint density at radius 3 is 2.33 bits per heavy atom. The molecule has 244 valence electrons. The molecule has 11 heteroatoms. The molecule has 1 N–H and O–H groups in total. The van der Waals surface area contributed by atoms with E-state index in [2.05, 4.69) is 30.6 Å². The van der Waals surface area contributed by atoms with E-state index < -0.39 is 11.6 Å². The second-order valence-electron chi connectivity index (χ2n) is 13.7. The van der Waals surface area contributed by atoms with Crippen LogP contribution in [0.25, 0.3) is 0 Å². The summed E-state index contributed by atoms with van der Waals surface area (Å²) < 4.78 is 0. The predicted octanol–water partition coefficient (Wildman–Crippen LogP) is 5.90. The highest BCUT2D eigenvalue weighted by Crippen LogP contribution is 2.56. The van der Waals surface area contributed by atoms with Crippen LogP contribution in [0.2, 0.25) is 10.0 Å². The average molecular weight is 683 g/mol. The lowest BCUT2D eigenvalue weighted by atomic mass is 9.81. The number of benzene rings is 2. The molecule has 1 saturated carbocycles. The number of rotatable bonds is 7. The Bertz CT molecular complexity index is 1590. The largest absolute Gasteiger partial charge is 0.395 e. The number of aliphatic hydroxyl groups is 1. The first-order valence-corrected chi connectivity index (χ1v) is 17.9. The number of amides is 2. The number of allylic oxidation sites excluding steroid dienone is 1. The number of halogens is 2. The van der Waals surface area contributed by atoms with Gasteiger partial charge in [-0.15, -0.1) is 0 Å². The maximum absolute atomic E-state index is 14.6. The number of amidine groups is 1. The average Bonchev–Trinajstić information content (AvgIpc) is 3.35. The second-order valence-corrected chi connectivity index (χ2v) is 15.5. The Morgan fingerprint density at radius 1 is 1.02 bits per heavy atom. The number of aliphatic hydroxyl groups excluding tert-OH is 1. The van der Waals surface area contributed by atoms with E-state index in [0.717, 1.165) is 47.8 Å². The summed E-state index contributed by atoms with van der Waals surface area (Å²) in [7, 11) is 0. The van der Waals surface area contributed by atoms with E-state index in [0.29, 0.717) is 47.6 Å². The van der Waals surface area contributed by atoms with Crippen LogP contribution in [-0.2, 0) is 15.1 Å². The van der Waals surface area contributed by atoms with Gasteiger partial charge in [-0.1, -0.05) is 61.3 Å². The lowest BCUT2D eigenvalue weighted by Crippen LogP contribution is -2.60. The van der Waals surface area contributed by atoms with Crippen molar-refractivity contribution in [1.82, 2.24) is 19.6 Å². The minimum atomic E-state index is -0.640. The van der Waals surface area contributed by atoms with E-state index in [1.165, 1.54) is 11.8 Å². The first-order valence-electron chi connectivity index (χ1n) is 16.3. The number of thioether (sulfide) groups is 1. The van der Waals surface area contributed by atoms with Crippen LogP contribution < -0.4 is 0 Å². The van der Waals surface area contributed by atoms with Gasteiger partial charge in [0.05, 0.1) is 12.6 Å². The number of β-amino-alcohol motifs (C(OH)–C–C–N with tert-alkyl or cyclic N) is 1. The monoisotopic (exact) mass is 681 g/mol. The Hall–Kier alpha value is -2.56. The number of fused-ring (bicyclic) bond motifs is 1. The Balaban J connectivity index is 1.20. The van der Waals surface area contributed by atoms with E-state index >= 15 is 0 Å². The third-order valence-corrected chi connectivity index (χ3v) is 12.0. The van der Waals surface area contributed by atoms with E-state index in [9.17, 15) is 14.7 Å². The van der Waals surface area contributed by atoms with Crippen LogP contribution >= 0.6 is 35.0 Å². The van der Waals surface area contributed by atoms with Crippen LogP contribution in [0.1, 0.15) is 63.6 Å². The van der Waals surface area contributed by atoms with Crippen molar-refractivity contribution in [3.63, 3.8) is 0 Å². The van der Waals surface area contributed by atoms with Crippen LogP contribution in [0.15, 0.2) is 64.1 Å². The topological polar surface area (TPSA) is 79.7 Å². The van der Waals surface area contributed by atoms with Gasteiger partial charge in [0.1, 0.15) is 16.5 Å². The summed E-state index contributed by atoms with van der Waals surface area (Å²) in [4.78, 5) is 43.0. The van der Waals surface area contributed by atoms with Crippen LogP contribution in [0.3, 0.4) is 0 Å². The van der Waals surface area contributed by atoms with Crippen LogP contribution in [0, 0.1) is 5.92 Å². The van der Waals surface area contributed by atoms with Gasteiger partial charge < -0.3 is 19.8 Å². The highest BCUT2D eigenvalue weighted by atomic mass is 35.5. The maximum atomic E-state index is 14.6. The zero-order chi connectivity index (χ0) is 32.4. The molecule has 0 bridgehead atoms. The number of piperazine rings is 1. The van der Waals surface area contributed by atoms with Crippen molar-refractivity contribution in [2.75, 3.05) is 39.3 Å². The van der Waals surface area contributed by atoms with Crippen LogP contribution in [0.4, 0.5) is 0 Å². The summed E-state index contributed by atoms with van der Waals surface area (Å²) in [6.45, 7) is 9.80. The molecule has 2 aromatic rings. The minimum absolute atomic E-state index is 0.00495. The quantitative estimate of drug-likeness (QED) is 0.392. The highest BCUT2D eigenvalue weighted by Gasteiger charge is 2.55. The van der Waals surface area contributed by atoms with Crippen molar-refractivity contribution in [3.05, 3.63) is 80.3 Å². The van der Waals surface area contributed by atoms with Gasteiger partial charge in [-0.2, -0.15) is 0 Å². The summed E-state index contributed by atoms with van der Waals surface area (Å²) in [5, 5.41) is 11.7. The van der Waals surface area contributed by atoms with E-state index in [4.69, 9.17) is 28.2 Å². The third-order valence-electron chi connectivity index (χ3n) is 10.5. The summed E-state index contributed by atoms with van der Waals surface area (Å²) >= 11 is 14.0. The van der Waals surface area contributed by atoms with Crippen LogP contribution in [-0.4, -0.2) is 92.6 Å². The number of carbonyl (C=O) groups excluding carboxylic acids is 2. The molecule has 2 saturated heterocycles. The molecule has 4 heterocycles. The van der Waals surface area contributed by atoms with Gasteiger partial charge in [0, 0.05) is 54.0 Å². The zero-order valence-electron chi connectivity index (χ0n) is 26.6. The molecule has 2 amide bonds. The molecule has 1 spiro atoms. The van der Waals surface area contributed by atoms with Gasteiger partial charge in [0.25, 0.3) is 5.91 Å². The SMILES string of the molecule is CC(C)C1=C(C(=O)N2CCC[C@@H]2C(=O)N2CCN(CCO)C3(CC3)C2)SC2=N[C@@](C)(c3ccc(Cl)cc3)[C@@H](c3ccc(Cl)cc3)N21. The van der Waals surface area contributed by atoms with Gasteiger partial charge in [-0.25, -0.2) is 4.99 Å². The molecule has 46 heavy (non-hydrogen) atoms. The van der Waals surface area contributed by atoms with E-state index in [1.54, 1.807) is 0 Å². The van der Waals surface area contributed by atoms with Crippen LogP contribution in [0.5, 0.6) is 0 Å². The normalized spacial score (nSPS) is 27.2. The molecule has 0 aromatic heterocycles. The molecule has 7 rings (SSSR count). The molecule has 4 aliphatic heterocycles. The van der Waals surface area contributed by atoms with Gasteiger partial charge in [0.15, 0.2) is 5.17 Å². The zero-order valence-corrected chi connectivity index (χ0v) is 28.9. The third kappa shape index (κ3) is 5.36. The fourth-order valence-corrected chi connectivity index (χ4v) is 9.58. The number of aliphatic imine (C=N–C) groups is 1. The van der Waals surface area contributed by atoms with E-state index in [1.807, 2.05) is 58.3 Å². The summed E-state index contributed by atoms with van der Waals surface area (Å²) in [5.41, 5.74) is 2.39. The summed E-state index contributed by atoms with van der Waals surface area (Å²) in [6, 6.07) is 15.1. The van der Waals surface area contributed by atoms with Crippen molar-refractivity contribution in [2.45, 2.75) is 69.6 Å². The molecular formula is C35H41Cl2N5O3S. The smallest absolute Gasteiger partial charge is 0.263 e. The van der Waals surface area contributed by atoms with Crippen molar-refractivity contribution in [3.8, 4) is 0 Å². The van der Waals surface area contributed by atoms with Gasteiger partial charge in [0.2, 0.25) is 5.91 Å². The lowest BCUT2D eigenvalue weighted by molar-refractivity contribution is -0.144. The molecule has 1 aliphatic carbocycles. The fourth-order valence-electron chi connectivity index (χ4n) is 7.96. The van der Waals surface area contributed by atoms with Crippen molar-refractivity contribution in [1.29, 1.82) is 0 Å². The second kappa shape index (κ2) is 12.2. The number of hydrogen-bond donors (Lipinski definition) is 1. The minimum Gasteiger partial charge on any atom is -0.395 e. The Morgan fingerprint density at radius 2 is 1.70 bits per heavy atom. The van der Waals surface area contributed by atoms with Gasteiger partial charge >= 0.3 is 0 Å². The first kappa shape index (κ1) is 32.0. The molecule has 5 aliphatic rings. The molecular weight excluding hydrogens is 641 g/mol. The molecule has 3 atom stereocenters. The molecule has 2 aromatic carbocycles. The highest BCUT2D eigenvalue weighted by molar-refractivity contribution is 8.18. The maximum Gasteiger partial charge on any atom is 0.263 e. The molecule has 0 unspecified atom stereocenters. The summed E-state index contributed by atoms with van der Waals surface area (Å²) in [6.07, 6.45) is 3.58. The standard InChI is InChI=1S/C35H41Cl2N5O3S/c1-22(2)28-29(32(45)41-16-4-5-27(41)31(44)39-17-18-40(19-20-43)35(21-39)14-15-35)46-33-38-34(3,24-8-12-26(37)13-9-24)30(42(28)33)23-6-10-25(36)11-7-23/h6-13,22,27,30,43H,4-5,14-21H2,1-3H3/t27-,30-,34+/m1/s1. The Kier molecular flexibility index (Phi) is 8.46. The lowest BCUT2D eigenvalue weighted by Gasteiger charge is -2.43. The molecule has 3 fully saturated rings. The number of nitrogens with zero attached hydrogens (tertiary/aromatic N) is 5. The van der Waals surface area contributed by atoms with Gasteiger partial charge in [-0.3, -0.25) is 14.5 Å². The number of carbonyl (C=O) groups is 2. The number of hydrogen-bond acceptors (Lipinski definition) is 7. The number of likely N-dealkylation sites (tertiary alicyclic amines) is 1. The van der Waals surface area contributed by atoms with Crippen molar-refractivity contribution in [2.24, 2.45) is 10.9 Å². The van der Waals surface area contributed by atoms with Gasteiger partial charge in [-0.05, 0) is 85.7 Å². The van der Waals surface area contributed by atoms with Crippen molar-refractivity contribution < 1.29 is 14.7 Å². The predicted molar refractivity (Wildman–Crippen MR) is 184 cm³/mol. The molecule has 8 nitrogen and oxygen atoms in total. The summed E-state index contributed by atoms with van der Waals surface area (Å²) in [5.74, 6) is 0.0139. The first-order chi connectivity index (χ1) is 22.1. The fraction of sp³-hybridized carbons (Fsp3) is 0.514. The van der Waals surface area contributed by atoms with Crippen molar-refractivity contribution >= 4 is 51.9 Å². The Labute approximate surface area is 285 Å². The van der Waals surface area contributed by atoms with E-state index in [-0.39, 0.29) is 35.9 Å².